The van der Waals surface area contributed by atoms with Gasteiger partial charge < -0.3 is 14.7 Å². The molecule has 1 saturated heterocycles. The highest BCUT2D eigenvalue weighted by atomic mass is 32.1. The number of hydrogen-bond acceptors (Lipinski definition) is 4. The zero-order valence-corrected chi connectivity index (χ0v) is 14.5. The lowest BCUT2D eigenvalue weighted by atomic mass is 9.58. The van der Waals surface area contributed by atoms with Gasteiger partial charge in [0.05, 0.1) is 17.1 Å². The van der Waals surface area contributed by atoms with Crippen LogP contribution in [0.3, 0.4) is 0 Å². The maximum absolute atomic E-state index is 12.8. The van der Waals surface area contributed by atoms with Gasteiger partial charge >= 0.3 is 0 Å². The third-order valence-electron chi connectivity index (χ3n) is 6.05. The summed E-state index contributed by atoms with van der Waals surface area (Å²) in [5.74, 6) is 0.182. The number of thiophene rings is 1. The van der Waals surface area contributed by atoms with E-state index in [1.807, 2.05) is 11.8 Å². The van der Waals surface area contributed by atoms with Crippen molar-refractivity contribution in [3.05, 3.63) is 21.4 Å². The van der Waals surface area contributed by atoms with Gasteiger partial charge in [0.15, 0.2) is 0 Å². The summed E-state index contributed by atoms with van der Waals surface area (Å²) in [7, 11) is 0. The fraction of sp³-hybridized carbons (Fsp3) is 0.722. The summed E-state index contributed by atoms with van der Waals surface area (Å²) in [6.07, 6.45) is 5.87. The van der Waals surface area contributed by atoms with E-state index in [9.17, 15) is 9.90 Å². The molecule has 126 valence electrons. The molecule has 3 aliphatic rings. The topological polar surface area (TPSA) is 49.8 Å². The van der Waals surface area contributed by atoms with Gasteiger partial charge in [-0.15, -0.1) is 11.3 Å². The van der Waals surface area contributed by atoms with Gasteiger partial charge in [-0.05, 0) is 50.7 Å². The van der Waals surface area contributed by atoms with Crippen molar-refractivity contribution in [1.29, 1.82) is 0 Å². The number of rotatable bonds is 3. The van der Waals surface area contributed by atoms with Gasteiger partial charge in [-0.3, -0.25) is 4.79 Å². The third-order valence-corrected chi connectivity index (χ3v) is 7.27. The Kier molecular flexibility index (Phi) is 3.98. The number of hydrogen-bond donors (Lipinski definition) is 1. The van der Waals surface area contributed by atoms with Crippen molar-refractivity contribution in [1.82, 2.24) is 4.90 Å². The highest BCUT2D eigenvalue weighted by Crippen LogP contribution is 2.51. The first-order valence-electron chi connectivity index (χ1n) is 8.84. The summed E-state index contributed by atoms with van der Waals surface area (Å²) < 4.78 is 5.80. The molecule has 1 saturated carbocycles. The van der Waals surface area contributed by atoms with Gasteiger partial charge in [0, 0.05) is 36.4 Å². The fourth-order valence-corrected chi connectivity index (χ4v) is 5.75. The van der Waals surface area contributed by atoms with Crippen LogP contribution in [-0.2, 0) is 17.6 Å². The van der Waals surface area contributed by atoms with Gasteiger partial charge in [0.25, 0.3) is 5.91 Å². The van der Waals surface area contributed by atoms with Crippen LogP contribution in [0.1, 0.15) is 52.7 Å². The van der Waals surface area contributed by atoms with Crippen LogP contribution in [0.25, 0.3) is 0 Å². The van der Waals surface area contributed by atoms with E-state index < -0.39 is 0 Å². The molecule has 2 atom stereocenters. The van der Waals surface area contributed by atoms with Gasteiger partial charge in [-0.1, -0.05) is 0 Å². The first-order chi connectivity index (χ1) is 11.1. The minimum atomic E-state index is -0.262. The molecule has 1 aromatic rings. The molecule has 4 rings (SSSR count). The van der Waals surface area contributed by atoms with Crippen molar-refractivity contribution in [3.63, 3.8) is 0 Å². The van der Waals surface area contributed by atoms with Crippen molar-refractivity contribution < 1.29 is 14.6 Å². The van der Waals surface area contributed by atoms with E-state index in [-0.39, 0.29) is 23.5 Å². The summed E-state index contributed by atoms with van der Waals surface area (Å²) in [4.78, 5) is 17.0. The maximum Gasteiger partial charge on any atom is 0.263 e. The number of aliphatic hydroxyl groups excluding tert-OH is 1. The number of fused-ring (bicyclic) bond motifs is 1. The number of aryl methyl sites for hydroxylation is 2. The summed E-state index contributed by atoms with van der Waals surface area (Å²) in [5, 5.41) is 10.3. The number of likely N-dealkylation sites (tertiary alicyclic amines) is 1. The molecule has 2 unspecified atom stereocenters. The van der Waals surface area contributed by atoms with E-state index >= 15 is 0 Å². The average Bonchev–Trinajstić information content (AvgIpc) is 3.16. The predicted molar refractivity (Wildman–Crippen MR) is 90.0 cm³/mol. The average molecular weight is 335 g/mol. The Bertz CT molecular complexity index is 580. The summed E-state index contributed by atoms with van der Waals surface area (Å²) in [6, 6.07) is 2.11. The molecule has 1 aliphatic heterocycles. The standard InChI is InChI=1S/C18H25NO3S/c1-2-22-16-11-15(20)18(16)6-8-19(9-7-18)17(21)14-10-12-4-3-5-13(12)23-14/h10,15-16,20H,2-9,11H2,1H3. The van der Waals surface area contributed by atoms with Crippen LogP contribution in [0.4, 0.5) is 0 Å². The normalized spacial score (nSPS) is 28.7. The zero-order valence-electron chi connectivity index (χ0n) is 13.7. The van der Waals surface area contributed by atoms with Gasteiger partial charge in [-0.25, -0.2) is 0 Å². The number of amides is 1. The predicted octanol–water partition coefficient (Wildman–Crippen LogP) is 2.63. The van der Waals surface area contributed by atoms with E-state index in [0.717, 1.165) is 50.1 Å². The first kappa shape index (κ1) is 15.6. The lowest BCUT2D eigenvalue weighted by Gasteiger charge is -2.56. The molecule has 1 amide bonds. The molecule has 23 heavy (non-hydrogen) atoms. The monoisotopic (exact) mass is 335 g/mol. The van der Waals surface area contributed by atoms with Crippen LogP contribution in [0.2, 0.25) is 0 Å². The molecule has 0 radical (unpaired) electrons. The van der Waals surface area contributed by atoms with Crippen LogP contribution in [0.5, 0.6) is 0 Å². The Morgan fingerprint density at radius 2 is 2.22 bits per heavy atom. The molecule has 1 spiro atoms. The van der Waals surface area contributed by atoms with E-state index in [1.165, 1.54) is 16.9 Å². The van der Waals surface area contributed by atoms with Gasteiger partial charge in [0.2, 0.25) is 0 Å². The largest absolute Gasteiger partial charge is 0.392 e. The molecule has 2 aliphatic carbocycles. The smallest absolute Gasteiger partial charge is 0.263 e. The number of aliphatic hydroxyl groups is 1. The van der Waals surface area contributed by atoms with Crippen LogP contribution in [0, 0.1) is 5.41 Å². The SMILES string of the molecule is CCOC1CC(O)C12CCN(C(=O)c1cc3c(s1)CCC3)CC2. The lowest BCUT2D eigenvalue weighted by Crippen LogP contribution is -2.62. The van der Waals surface area contributed by atoms with Crippen molar-refractivity contribution in [2.24, 2.45) is 5.41 Å². The second-order valence-electron chi connectivity index (χ2n) is 7.13. The van der Waals surface area contributed by atoms with E-state index in [0.29, 0.717) is 6.61 Å². The van der Waals surface area contributed by atoms with E-state index in [4.69, 9.17) is 4.74 Å². The van der Waals surface area contributed by atoms with E-state index in [2.05, 4.69) is 6.07 Å². The highest BCUT2D eigenvalue weighted by molar-refractivity contribution is 7.14. The number of carbonyl (C=O) groups excluding carboxylic acids is 1. The Hall–Kier alpha value is -0.910. The second kappa shape index (κ2) is 5.87. The van der Waals surface area contributed by atoms with Crippen LogP contribution < -0.4 is 0 Å². The molecular formula is C18H25NO3S. The van der Waals surface area contributed by atoms with Crippen LogP contribution in [-0.4, -0.2) is 47.8 Å². The minimum absolute atomic E-state index is 0.107. The van der Waals surface area contributed by atoms with Crippen molar-refractivity contribution in [2.45, 2.75) is 57.7 Å². The number of piperidine rings is 1. The van der Waals surface area contributed by atoms with Crippen molar-refractivity contribution in [3.8, 4) is 0 Å². The third kappa shape index (κ3) is 2.44. The Morgan fingerprint density at radius 1 is 1.43 bits per heavy atom. The molecule has 5 heteroatoms. The Labute approximate surface area is 141 Å². The molecular weight excluding hydrogens is 310 g/mol. The van der Waals surface area contributed by atoms with E-state index in [1.54, 1.807) is 11.3 Å². The summed E-state index contributed by atoms with van der Waals surface area (Å²) in [5.41, 5.74) is 1.28. The minimum Gasteiger partial charge on any atom is -0.392 e. The first-order valence-corrected chi connectivity index (χ1v) is 9.66. The molecule has 4 nitrogen and oxygen atoms in total. The lowest BCUT2D eigenvalue weighted by molar-refractivity contribution is -0.207. The maximum atomic E-state index is 12.8. The molecule has 0 aromatic carbocycles. The molecule has 2 fully saturated rings. The number of ether oxygens (including phenoxy) is 1. The number of nitrogens with zero attached hydrogens (tertiary/aromatic N) is 1. The molecule has 1 N–H and O–H groups in total. The van der Waals surface area contributed by atoms with Crippen LogP contribution in [0.15, 0.2) is 6.07 Å². The second-order valence-corrected chi connectivity index (χ2v) is 8.27. The quantitative estimate of drug-likeness (QED) is 0.924. The molecule has 1 aromatic heterocycles. The van der Waals surface area contributed by atoms with Crippen LogP contribution >= 0.6 is 11.3 Å². The summed E-state index contributed by atoms with van der Waals surface area (Å²) >= 11 is 1.69. The van der Waals surface area contributed by atoms with Gasteiger partial charge in [-0.2, -0.15) is 0 Å². The van der Waals surface area contributed by atoms with Crippen molar-refractivity contribution in [2.75, 3.05) is 19.7 Å². The van der Waals surface area contributed by atoms with Crippen molar-refractivity contribution >= 4 is 17.2 Å². The molecule has 2 heterocycles. The fourth-order valence-electron chi connectivity index (χ4n) is 4.53. The Morgan fingerprint density at radius 3 is 2.87 bits per heavy atom. The molecule has 0 bridgehead atoms. The summed E-state index contributed by atoms with van der Waals surface area (Å²) in [6.45, 7) is 4.18. The zero-order chi connectivity index (χ0) is 16.0. The number of carbonyl (C=O) groups is 1. The van der Waals surface area contributed by atoms with Gasteiger partial charge in [0.1, 0.15) is 0 Å². The Balaban J connectivity index is 1.42. The highest BCUT2D eigenvalue weighted by Gasteiger charge is 2.56.